The van der Waals surface area contributed by atoms with Gasteiger partial charge in [-0.25, -0.2) is 0 Å². The molecule has 0 aromatic carbocycles. The SMILES string of the molecule is CN(CC(C)(C)CN)C(=O)c1sccc1NC(=O)c1ccncc1. The molecule has 7 heteroatoms. The lowest BCUT2D eigenvalue weighted by Gasteiger charge is -2.29. The minimum Gasteiger partial charge on any atom is -0.340 e. The van der Waals surface area contributed by atoms with Crippen LogP contribution < -0.4 is 11.1 Å². The molecular weight excluding hydrogens is 324 g/mol. The number of carbonyl (C=O) groups is 2. The Balaban J connectivity index is 2.12. The molecule has 0 fully saturated rings. The van der Waals surface area contributed by atoms with Crippen molar-refractivity contribution in [3.05, 3.63) is 46.4 Å². The first-order chi connectivity index (χ1) is 11.3. The molecule has 0 aliphatic rings. The molecule has 2 heterocycles. The minimum absolute atomic E-state index is 0.128. The van der Waals surface area contributed by atoms with Crippen molar-refractivity contribution in [2.24, 2.45) is 11.1 Å². The summed E-state index contributed by atoms with van der Waals surface area (Å²) in [5.41, 5.74) is 6.58. The Hall–Kier alpha value is -2.25. The van der Waals surface area contributed by atoms with E-state index in [9.17, 15) is 9.59 Å². The van der Waals surface area contributed by atoms with Gasteiger partial charge in [0, 0.05) is 31.5 Å². The number of pyridine rings is 1. The van der Waals surface area contributed by atoms with E-state index in [2.05, 4.69) is 10.3 Å². The van der Waals surface area contributed by atoms with Crippen LogP contribution in [0.1, 0.15) is 33.9 Å². The highest BCUT2D eigenvalue weighted by molar-refractivity contribution is 7.12. The van der Waals surface area contributed by atoms with Gasteiger partial charge >= 0.3 is 0 Å². The molecule has 0 saturated carbocycles. The minimum atomic E-state index is -0.269. The second-order valence-corrected chi connectivity index (χ2v) is 7.30. The second kappa shape index (κ2) is 7.55. The summed E-state index contributed by atoms with van der Waals surface area (Å²) < 4.78 is 0. The van der Waals surface area contributed by atoms with Crippen LogP contribution in [0.4, 0.5) is 5.69 Å². The molecule has 0 saturated heterocycles. The van der Waals surface area contributed by atoms with Crippen molar-refractivity contribution in [3.63, 3.8) is 0 Å². The Morgan fingerprint density at radius 3 is 2.58 bits per heavy atom. The summed E-state index contributed by atoms with van der Waals surface area (Å²) in [4.78, 5) is 31.0. The van der Waals surface area contributed by atoms with Crippen LogP contribution in [0, 0.1) is 5.41 Å². The Morgan fingerprint density at radius 1 is 1.29 bits per heavy atom. The maximum absolute atomic E-state index is 12.7. The highest BCUT2D eigenvalue weighted by Gasteiger charge is 2.24. The summed E-state index contributed by atoms with van der Waals surface area (Å²) in [5.74, 6) is -0.397. The van der Waals surface area contributed by atoms with Gasteiger partial charge < -0.3 is 16.0 Å². The molecule has 2 aromatic heterocycles. The molecule has 6 nitrogen and oxygen atoms in total. The predicted molar refractivity (Wildman–Crippen MR) is 96.3 cm³/mol. The molecule has 0 atom stereocenters. The number of thiophene rings is 1. The van der Waals surface area contributed by atoms with Crippen molar-refractivity contribution in [2.45, 2.75) is 13.8 Å². The normalized spacial score (nSPS) is 11.2. The molecule has 0 unspecified atom stereocenters. The fourth-order valence-electron chi connectivity index (χ4n) is 2.22. The quantitative estimate of drug-likeness (QED) is 0.841. The molecular formula is C17H22N4O2S. The summed E-state index contributed by atoms with van der Waals surface area (Å²) >= 11 is 1.31. The van der Waals surface area contributed by atoms with Crippen LogP contribution >= 0.6 is 11.3 Å². The van der Waals surface area contributed by atoms with Gasteiger partial charge in [-0.3, -0.25) is 14.6 Å². The number of anilines is 1. The van der Waals surface area contributed by atoms with Crippen LogP contribution in [0.3, 0.4) is 0 Å². The van der Waals surface area contributed by atoms with Crippen molar-refractivity contribution < 1.29 is 9.59 Å². The van der Waals surface area contributed by atoms with E-state index < -0.39 is 0 Å². The predicted octanol–water partition coefficient (Wildman–Crippen LogP) is 2.45. The van der Waals surface area contributed by atoms with E-state index in [1.54, 1.807) is 47.9 Å². The number of hydrogen-bond donors (Lipinski definition) is 2. The van der Waals surface area contributed by atoms with Gasteiger partial charge in [-0.2, -0.15) is 0 Å². The van der Waals surface area contributed by atoms with Gasteiger partial charge in [-0.15, -0.1) is 11.3 Å². The molecule has 0 radical (unpaired) electrons. The number of carbonyl (C=O) groups excluding carboxylic acids is 2. The summed E-state index contributed by atoms with van der Waals surface area (Å²) in [5, 5.41) is 4.58. The fourth-order valence-corrected chi connectivity index (χ4v) is 3.07. The molecule has 0 aliphatic carbocycles. The maximum Gasteiger partial charge on any atom is 0.265 e. The standard InChI is InChI=1S/C17H22N4O2S/c1-17(2,10-18)11-21(3)16(23)14-13(6-9-24-14)20-15(22)12-4-7-19-8-5-12/h4-9H,10-11,18H2,1-3H3,(H,20,22). The number of nitrogens with zero attached hydrogens (tertiary/aromatic N) is 2. The Bertz CT molecular complexity index is 712. The third kappa shape index (κ3) is 4.39. The van der Waals surface area contributed by atoms with E-state index in [4.69, 9.17) is 5.73 Å². The van der Waals surface area contributed by atoms with Crippen molar-refractivity contribution in [1.82, 2.24) is 9.88 Å². The lowest BCUT2D eigenvalue weighted by atomic mass is 9.93. The average molecular weight is 346 g/mol. The maximum atomic E-state index is 12.7. The van der Waals surface area contributed by atoms with Crippen molar-refractivity contribution >= 4 is 28.8 Å². The van der Waals surface area contributed by atoms with Crippen LogP contribution in [-0.2, 0) is 0 Å². The first-order valence-electron chi connectivity index (χ1n) is 7.58. The monoisotopic (exact) mass is 346 g/mol. The second-order valence-electron chi connectivity index (χ2n) is 6.38. The van der Waals surface area contributed by atoms with E-state index >= 15 is 0 Å². The highest BCUT2D eigenvalue weighted by Crippen LogP contribution is 2.25. The molecule has 2 aromatic rings. The van der Waals surface area contributed by atoms with Crippen molar-refractivity contribution in [3.8, 4) is 0 Å². The van der Waals surface area contributed by atoms with E-state index in [0.29, 0.717) is 29.2 Å². The van der Waals surface area contributed by atoms with Gasteiger partial charge in [0.25, 0.3) is 11.8 Å². The average Bonchev–Trinajstić information content (AvgIpc) is 3.02. The number of aromatic nitrogens is 1. The summed E-state index contributed by atoms with van der Waals surface area (Å²) in [6, 6.07) is 4.98. The third-order valence-corrected chi connectivity index (χ3v) is 4.52. The topological polar surface area (TPSA) is 88.3 Å². The van der Waals surface area contributed by atoms with Gasteiger partial charge in [0.1, 0.15) is 4.88 Å². The Labute approximate surface area is 145 Å². The number of amides is 2. The van der Waals surface area contributed by atoms with E-state index in [1.807, 2.05) is 13.8 Å². The zero-order valence-corrected chi connectivity index (χ0v) is 14.9. The van der Waals surface area contributed by atoms with Crippen LogP contribution in [0.15, 0.2) is 36.0 Å². The fraction of sp³-hybridized carbons (Fsp3) is 0.353. The van der Waals surface area contributed by atoms with Crippen molar-refractivity contribution in [1.29, 1.82) is 0 Å². The lowest BCUT2D eigenvalue weighted by Crippen LogP contribution is -2.39. The molecule has 2 rings (SSSR count). The van der Waals surface area contributed by atoms with Crippen LogP contribution in [0.25, 0.3) is 0 Å². The summed E-state index contributed by atoms with van der Waals surface area (Å²) in [7, 11) is 1.74. The number of hydrogen-bond acceptors (Lipinski definition) is 5. The smallest absolute Gasteiger partial charge is 0.265 e. The molecule has 24 heavy (non-hydrogen) atoms. The molecule has 128 valence electrons. The number of nitrogens with one attached hydrogen (secondary N) is 1. The Morgan fingerprint density at radius 2 is 1.96 bits per heavy atom. The summed E-state index contributed by atoms with van der Waals surface area (Å²) in [6.45, 7) is 5.05. The van der Waals surface area contributed by atoms with Gasteiger partial charge in [-0.1, -0.05) is 13.8 Å². The molecule has 0 spiro atoms. The largest absolute Gasteiger partial charge is 0.340 e. The van der Waals surface area contributed by atoms with Crippen molar-refractivity contribution in [2.75, 3.05) is 25.5 Å². The van der Waals surface area contributed by atoms with Gasteiger partial charge in [0.15, 0.2) is 0 Å². The molecule has 2 amide bonds. The zero-order valence-electron chi connectivity index (χ0n) is 14.1. The third-order valence-electron chi connectivity index (χ3n) is 3.61. The van der Waals surface area contributed by atoms with Crippen LogP contribution in [-0.4, -0.2) is 41.8 Å². The van der Waals surface area contributed by atoms with Crippen LogP contribution in [0.5, 0.6) is 0 Å². The molecule has 3 N–H and O–H groups in total. The number of rotatable bonds is 6. The number of nitrogens with two attached hydrogens (primary N) is 1. The molecule has 0 bridgehead atoms. The van der Waals surface area contributed by atoms with E-state index in [0.717, 1.165) is 0 Å². The van der Waals surface area contributed by atoms with Gasteiger partial charge in [0.2, 0.25) is 0 Å². The first-order valence-corrected chi connectivity index (χ1v) is 8.46. The molecule has 0 aliphatic heterocycles. The first kappa shape index (κ1) is 18.1. The lowest BCUT2D eigenvalue weighted by molar-refractivity contribution is 0.0746. The van der Waals surface area contributed by atoms with Gasteiger partial charge in [-0.05, 0) is 35.5 Å². The van der Waals surface area contributed by atoms with E-state index in [1.165, 1.54) is 11.3 Å². The summed E-state index contributed by atoms with van der Waals surface area (Å²) in [6.07, 6.45) is 3.11. The highest BCUT2D eigenvalue weighted by atomic mass is 32.1. The van der Waals surface area contributed by atoms with Crippen LogP contribution in [0.2, 0.25) is 0 Å². The van der Waals surface area contributed by atoms with Gasteiger partial charge in [0.05, 0.1) is 5.69 Å². The van der Waals surface area contributed by atoms with E-state index in [-0.39, 0.29) is 17.2 Å². The Kier molecular flexibility index (Phi) is 5.69. The zero-order chi connectivity index (χ0) is 17.7.